The lowest BCUT2D eigenvalue weighted by Crippen LogP contribution is -2.30. The van der Waals surface area contributed by atoms with Crippen molar-refractivity contribution in [2.75, 3.05) is 13.7 Å². The molecule has 1 amide bonds. The number of carbonyl (C=O) groups is 1. The van der Waals surface area contributed by atoms with E-state index in [4.69, 9.17) is 4.74 Å². The summed E-state index contributed by atoms with van der Waals surface area (Å²) >= 11 is 0. The predicted molar refractivity (Wildman–Crippen MR) is 74.5 cm³/mol. The molecule has 6 heteroatoms. The van der Waals surface area contributed by atoms with Crippen molar-refractivity contribution >= 4 is 5.91 Å². The van der Waals surface area contributed by atoms with Crippen LogP contribution < -0.4 is 10.1 Å². The van der Waals surface area contributed by atoms with E-state index in [0.29, 0.717) is 13.0 Å². The largest absolute Gasteiger partial charge is 0.497 e. The van der Waals surface area contributed by atoms with E-state index in [1.807, 2.05) is 31.2 Å². The van der Waals surface area contributed by atoms with Gasteiger partial charge in [0.2, 0.25) is 5.91 Å². The Bertz CT molecular complexity index is 537. The number of hydrogen-bond donors (Lipinski definition) is 2. The van der Waals surface area contributed by atoms with Gasteiger partial charge in [0.25, 0.3) is 0 Å². The Hall–Kier alpha value is -2.37. The fourth-order valence-corrected chi connectivity index (χ4v) is 1.85. The van der Waals surface area contributed by atoms with Crippen molar-refractivity contribution in [3.05, 3.63) is 42.0 Å². The van der Waals surface area contributed by atoms with E-state index in [9.17, 15) is 4.79 Å². The van der Waals surface area contributed by atoms with Crippen molar-refractivity contribution in [2.45, 2.75) is 19.3 Å². The van der Waals surface area contributed by atoms with Gasteiger partial charge in [0.1, 0.15) is 17.9 Å². The molecule has 1 heterocycles. The predicted octanol–water partition coefficient (Wildman–Crippen LogP) is 1.28. The highest BCUT2D eigenvalue weighted by atomic mass is 16.5. The number of nitrogens with one attached hydrogen (secondary N) is 2. The third-order valence-corrected chi connectivity index (χ3v) is 3.14. The van der Waals surface area contributed by atoms with E-state index < -0.39 is 0 Å². The molecule has 0 spiro atoms. The van der Waals surface area contributed by atoms with Gasteiger partial charge in [-0.1, -0.05) is 12.1 Å². The zero-order valence-electron chi connectivity index (χ0n) is 11.6. The highest BCUT2D eigenvalue weighted by Gasteiger charge is 2.14. The molecule has 0 saturated heterocycles. The van der Waals surface area contributed by atoms with E-state index >= 15 is 0 Å². The van der Waals surface area contributed by atoms with Gasteiger partial charge in [-0.2, -0.15) is 5.10 Å². The molecule has 0 fully saturated rings. The molecule has 0 saturated carbocycles. The monoisotopic (exact) mass is 274 g/mol. The zero-order valence-corrected chi connectivity index (χ0v) is 11.6. The third kappa shape index (κ3) is 3.57. The number of hydrogen-bond acceptors (Lipinski definition) is 4. The number of ether oxygens (including phenoxy) is 1. The Morgan fingerprint density at radius 2 is 2.15 bits per heavy atom. The van der Waals surface area contributed by atoms with Crippen LogP contribution in [0.1, 0.15) is 24.2 Å². The minimum Gasteiger partial charge on any atom is -0.497 e. The summed E-state index contributed by atoms with van der Waals surface area (Å²) in [5, 5.41) is 9.41. The van der Waals surface area contributed by atoms with Gasteiger partial charge in [0.15, 0.2) is 0 Å². The summed E-state index contributed by atoms with van der Waals surface area (Å²) in [6, 6.07) is 7.51. The summed E-state index contributed by atoms with van der Waals surface area (Å²) in [6.07, 6.45) is 2.10. The molecule has 2 aromatic rings. The SMILES string of the molecule is COc1ccc([C@H](C)C(=O)NCCc2ncn[nH]2)cc1. The molecule has 0 bridgehead atoms. The lowest BCUT2D eigenvalue weighted by atomic mass is 10.0. The maximum absolute atomic E-state index is 12.0. The number of rotatable bonds is 6. The van der Waals surface area contributed by atoms with Gasteiger partial charge in [-0.3, -0.25) is 9.89 Å². The molecule has 0 aliphatic heterocycles. The summed E-state index contributed by atoms with van der Waals surface area (Å²) in [5.74, 6) is 1.35. The number of amides is 1. The molecular formula is C14H18N4O2. The van der Waals surface area contributed by atoms with Crippen LogP contribution in [0.25, 0.3) is 0 Å². The van der Waals surface area contributed by atoms with E-state index in [2.05, 4.69) is 20.5 Å². The Morgan fingerprint density at radius 3 is 2.75 bits per heavy atom. The summed E-state index contributed by atoms with van der Waals surface area (Å²) in [6.45, 7) is 2.42. The van der Waals surface area contributed by atoms with Crippen molar-refractivity contribution < 1.29 is 9.53 Å². The number of nitrogens with zero attached hydrogens (tertiary/aromatic N) is 2. The van der Waals surface area contributed by atoms with E-state index in [0.717, 1.165) is 17.1 Å². The number of methoxy groups -OCH3 is 1. The van der Waals surface area contributed by atoms with Crippen LogP contribution in [0.3, 0.4) is 0 Å². The fraction of sp³-hybridized carbons (Fsp3) is 0.357. The first-order chi connectivity index (χ1) is 9.70. The van der Waals surface area contributed by atoms with Crippen LogP contribution in [-0.2, 0) is 11.2 Å². The van der Waals surface area contributed by atoms with E-state index in [-0.39, 0.29) is 11.8 Å². The molecule has 1 aromatic heterocycles. The second kappa shape index (κ2) is 6.70. The lowest BCUT2D eigenvalue weighted by molar-refractivity contribution is -0.122. The Kier molecular flexibility index (Phi) is 4.70. The van der Waals surface area contributed by atoms with Crippen LogP contribution >= 0.6 is 0 Å². The molecule has 2 rings (SSSR count). The van der Waals surface area contributed by atoms with Crippen molar-refractivity contribution in [3.8, 4) is 5.75 Å². The summed E-state index contributed by atoms with van der Waals surface area (Å²) in [5.41, 5.74) is 0.961. The molecule has 20 heavy (non-hydrogen) atoms. The standard InChI is InChI=1S/C14H18N4O2/c1-10(11-3-5-12(20-2)6-4-11)14(19)15-8-7-13-16-9-17-18-13/h3-6,9-10H,7-8H2,1-2H3,(H,15,19)(H,16,17,18)/t10-/m0/s1. The second-order valence-electron chi connectivity index (χ2n) is 4.47. The topological polar surface area (TPSA) is 79.9 Å². The molecule has 0 aliphatic rings. The highest BCUT2D eigenvalue weighted by molar-refractivity contribution is 5.83. The number of carbonyl (C=O) groups excluding carboxylic acids is 1. The van der Waals surface area contributed by atoms with Gasteiger partial charge < -0.3 is 10.1 Å². The molecule has 1 atom stereocenters. The number of H-pyrrole nitrogens is 1. The van der Waals surface area contributed by atoms with Crippen LogP contribution in [0.2, 0.25) is 0 Å². The fourth-order valence-electron chi connectivity index (χ4n) is 1.85. The van der Waals surface area contributed by atoms with Crippen molar-refractivity contribution in [1.82, 2.24) is 20.5 Å². The van der Waals surface area contributed by atoms with Crippen LogP contribution in [0.4, 0.5) is 0 Å². The molecule has 1 aromatic carbocycles. The van der Waals surface area contributed by atoms with E-state index in [1.54, 1.807) is 7.11 Å². The average Bonchev–Trinajstić information content (AvgIpc) is 2.99. The molecule has 0 aliphatic carbocycles. The quantitative estimate of drug-likeness (QED) is 0.831. The van der Waals surface area contributed by atoms with Crippen LogP contribution in [0, 0.1) is 0 Å². The van der Waals surface area contributed by atoms with Crippen LogP contribution in [0.15, 0.2) is 30.6 Å². The van der Waals surface area contributed by atoms with Crippen LogP contribution in [-0.4, -0.2) is 34.7 Å². The molecular weight excluding hydrogens is 256 g/mol. The molecule has 6 nitrogen and oxygen atoms in total. The normalized spacial score (nSPS) is 11.9. The summed E-state index contributed by atoms with van der Waals surface area (Å²) < 4.78 is 5.10. The average molecular weight is 274 g/mol. The van der Waals surface area contributed by atoms with Crippen molar-refractivity contribution in [1.29, 1.82) is 0 Å². The summed E-state index contributed by atoms with van der Waals surface area (Å²) in [7, 11) is 1.62. The highest BCUT2D eigenvalue weighted by Crippen LogP contribution is 2.19. The molecule has 0 unspecified atom stereocenters. The van der Waals surface area contributed by atoms with Gasteiger partial charge in [-0.05, 0) is 24.6 Å². The van der Waals surface area contributed by atoms with Gasteiger partial charge >= 0.3 is 0 Å². The van der Waals surface area contributed by atoms with Gasteiger partial charge in [-0.15, -0.1) is 0 Å². The maximum Gasteiger partial charge on any atom is 0.227 e. The first-order valence-corrected chi connectivity index (χ1v) is 6.46. The zero-order chi connectivity index (χ0) is 14.4. The second-order valence-corrected chi connectivity index (χ2v) is 4.47. The molecule has 106 valence electrons. The number of aromatic nitrogens is 3. The smallest absolute Gasteiger partial charge is 0.227 e. The summed E-state index contributed by atoms with van der Waals surface area (Å²) in [4.78, 5) is 16.0. The van der Waals surface area contributed by atoms with E-state index in [1.165, 1.54) is 6.33 Å². The first-order valence-electron chi connectivity index (χ1n) is 6.46. The minimum atomic E-state index is -0.198. The number of aromatic amines is 1. The Labute approximate surface area is 117 Å². The van der Waals surface area contributed by atoms with Gasteiger partial charge in [0.05, 0.1) is 13.0 Å². The first kappa shape index (κ1) is 14.0. The van der Waals surface area contributed by atoms with Crippen molar-refractivity contribution in [3.63, 3.8) is 0 Å². The number of benzene rings is 1. The van der Waals surface area contributed by atoms with Gasteiger partial charge in [0, 0.05) is 13.0 Å². The maximum atomic E-state index is 12.0. The Morgan fingerprint density at radius 1 is 1.40 bits per heavy atom. The molecule has 2 N–H and O–H groups in total. The minimum absolute atomic E-state index is 0.00492. The lowest BCUT2D eigenvalue weighted by Gasteiger charge is -2.12. The molecule has 0 radical (unpaired) electrons. The van der Waals surface area contributed by atoms with Gasteiger partial charge in [-0.25, -0.2) is 4.98 Å². The third-order valence-electron chi connectivity index (χ3n) is 3.14. The van der Waals surface area contributed by atoms with Crippen molar-refractivity contribution in [2.24, 2.45) is 0 Å². The van der Waals surface area contributed by atoms with Crippen LogP contribution in [0.5, 0.6) is 5.75 Å². The Balaban J connectivity index is 1.84.